The topological polar surface area (TPSA) is 84.9 Å². The minimum absolute atomic E-state index is 0.00637. The van der Waals surface area contributed by atoms with Gasteiger partial charge in [-0.15, -0.1) is 0 Å². The first-order valence-corrected chi connectivity index (χ1v) is 7.04. The van der Waals surface area contributed by atoms with Gasteiger partial charge in [0.1, 0.15) is 5.75 Å². The maximum Gasteiger partial charge on any atom is 0.303 e. The predicted molar refractivity (Wildman–Crippen MR) is 82.3 cm³/mol. The molecule has 0 aliphatic carbocycles. The highest BCUT2D eigenvalue weighted by atomic mass is 35.5. The molecule has 0 aromatic heterocycles. The van der Waals surface area contributed by atoms with Gasteiger partial charge in [0.25, 0.3) is 5.91 Å². The molecule has 0 saturated carbocycles. The Labute approximate surface area is 134 Å². The summed E-state index contributed by atoms with van der Waals surface area (Å²) in [4.78, 5) is 23.1. The quantitative estimate of drug-likeness (QED) is 0.716. The molecule has 6 nitrogen and oxygen atoms in total. The van der Waals surface area contributed by atoms with Crippen molar-refractivity contribution >= 4 is 23.5 Å². The van der Waals surface area contributed by atoms with Crippen LogP contribution in [-0.2, 0) is 9.53 Å². The summed E-state index contributed by atoms with van der Waals surface area (Å²) in [5.41, 5.74) is -0.288. The van der Waals surface area contributed by atoms with Gasteiger partial charge in [-0.2, -0.15) is 0 Å². The van der Waals surface area contributed by atoms with Crippen LogP contribution in [0.4, 0.5) is 0 Å². The molecule has 0 aliphatic rings. The highest BCUT2D eigenvalue weighted by Gasteiger charge is 2.23. The molecule has 1 rings (SSSR count). The lowest BCUT2D eigenvalue weighted by molar-refractivity contribution is -0.139. The summed E-state index contributed by atoms with van der Waals surface area (Å²) in [5.74, 6) is -0.946. The number of halogens is 1. The van der Waals surface area contributed by atoms with Crippen LogP contribution in [0.5, 0.6) is 5.75 Å². The van der Waals surface area contributed by atoms with Gasteiger partial charge in [0, 0.05) is 18.7 Å². The molecule has 0 saturated heterocycles. The molecule has 2 N–H and O–H groups in total. The van der Waals surface area contributed by atoms with Crippen molar-refractivity contribution in [1.82, 2.24) is 5.32 Å². The molecular weight excluding hydrogens is 310 g/mol. The summed E-state index contributed by atoms with van der Waals surface area (Å²) in [6.45, 7) is 3.75. The molecule has 1 aromatic carbocycles. The van der Waals surface area contributed by atoms with E-state index in [1.54, 1.807) is 26.0 Å². The average Bonchev–Trinajstić information content (AvgIpc) is 2.42. The third kappa shape index (κ3) is 5.91. The summed E-state index contributed by atoms with van der Waals surface area (Å²) in [5, 5.41) is 12.0. The number of carbonyl (C=O) groups excluding carboxylic acids is 1. The zero-order chi connectivity index (χ0) is 16.8. The first-order valence-electron chi connectivity index (χ1n) is 6.66. The third-order valence-electron chi connectivity index (χ3n) is 2.88. The molecule has 0 spiro atoms. The zero-order valence-electron chi connectivity index (χ0n) is 12.8. The van der Waals surface area contributed by atoms with Crippen molar-refractivity contribution in [3.05, 3.63) is 28.8 Å². The summed E-state index contributed by atoms with van der Waals surface area (Å²) in [6.07, 6.45) is -0.0458. The number of benzene rings is 1. The number of methoxy groups -OCH3 is 1. The van der Waals surface area contributed by atoms with Crippen LogP contribution in [0.25, 0.3) is 0 Å². The molecule has 1 amide bonds. The number of carbonyl (C=O) groups is 2. The Kier molecular flexibility index (Phi) is 6.64. The number of rotatable bonds is 8. The van der Waals surface area contributed by atoms with Gasteiger partial charge in [-0.3, -0.25) is 9.59 Å². The van der Waals surface area contributed by atoms with Crippen molar-refractivity contribution in [2.45, 2.75) is 20.3 Å². The van der Waals surface area contributed by atoms with Crippen LogP contribution in [0, 0.1) is 5.41 Å². The first-order chi connectivity index (χ1) is 10.2. The molecule has 1 aromatic rings. The molecule has 0 radical (unpaired) electrons. The summed E-state index contributed by atoms with van der Waals surface area (Å²) in [7, 11) is 1.48. The molecule has 0 aliphatic heterocycles. The van der Waals surface area contributed by atoms with E-state index >= 15 is 0 Å². The van der Waals surface area contributed by atoms with E-state index in [-0.39, 0.29) is 31.2 Å². The van der Waals surface area contributed by atoms with Gasteiger partial charge in [-0.1, -0.05) is 25.4 Å². The smallest absolute Gasteiger partial charge is 0.303 e. The Hall–Kier alpha value is -1.79. The Balaban J connectivity index is 2.80. The van der Waals surface area contributed by atoms with E-state index in [0.717, 1.165) is 0 Å². The molecule has 7 heteroatoms. The van der Waals surface area contributed by atoms with Crippen molar-refractivity contribution in [2.24, 2.45) is 5.41 Å². The van der Waals surface area contributed by atoms with Gasteiger partial charge >= 0.3 is 5.97 Å². The van der Waals surface area contributed by atoms with Gasteiger partial charge < -0.3 is 19.9 Å². The molecular formula is C15H20ClNO5. The zero-order valence-corrected chi connectivity index (χ0v) is 13.6. The number of hydrogen-bond acceptors (Lipinski definition) is 4. The van der Waals surface area contributed by atoms with Crippen molar-refractivity contribution in [3.63, 3.8) is 0 Å². The average molecular weight is 330 g/mol. The summed E-state index contributed by atoms with van der Waals surface area (Å²) >= 11 is 5.91. The number of ether oxygens (including phenoxy) is 2. The second-order valence-corrected chi connectivity index (χ2v) is 6.05. The Bertz CT molecular complexity index is 545. The van der Waals surface area contributed by atoms with E-state index in [2.05, 4.69) is 5.32 Å². The largest absolute Gasteiger partial charge is 0.481 e. The lowest BCUT2D eigenvalue weighted by Crippen LogP contribution is -2.35. The van der Waals surface area contributed by atoms with E-state index in [1.807, 2.05) is 0 Å². The van der Waals surface area contributed by atoms with Crippen LogP contribution >= 0.6 is 11.6 Å². The van der Waals surface area contributed by atoms with Crippen molar-refractivity contribution in [1.29, 1.82) is 0 Å². The molecule has 0 bridgehead atoms. The van der Waals surface area contributed by atoms with Crippen LogP contribution < -0.4 is 10.1 Å². The highest BCUT2D eigenvalue weighted by molar-refractivity contribution is 6.31. The van der Waals surface area contributed by atoms with E-state index in [9.17, 15) is 9.59 Å². The van der Waals surface area contributed by atoms with Crippen molar-refractivity contribution < 1.29 is 24.2 Å². The van der Waals surface area contributed by atoms with E-state index in [1.165, 1.54) is 13.2 Å². The Morgan fingerprint density at radius 1 is 1.36 bits per heavy atom. The monoisotopic (exact) mass is 329 g/mol. The Morgan fingerprint density at radius 3 is 2.64 bits per heavy atom. The number of nitrogens with one attached hydrogen (secondary N) is 1. The van der Waals surface area contributed by atoms with Crippen molar-refractivity contribution in [3.8, 4) is 5.75 Å². The van der Waals surface area contributed by atoms with Gasteiger partial charge in [-0.05, 0) is 23.6 Å². The minimum atomic E-state index is -0.911. The lowest BCUT2D eigenvalue weighted by Gasteiger charge is -2.23. The standard InChI is InChI=1S/C15H20ClNO5/c1-15(2,7-13(18)19)8-17-14(20)11-6-10(16)4-5-12(11)22-9-21-3/h4-6H,7-9H2,1-3H3,(H,17,20)(H,18,19). The Morgan fingerprint density at radius 2 is 2.05 bits per heavy atom. The van der Waals surface area contributed by atoms with E-state index < -0.39 is 11.4 Å². The van der Waals surface area contributed by atoms with Gasteiger partial charge in [0.2, 0.25) is 0 Å². The van der Waals surface area contributed by atoms with Crippen molar-refractivity contribution in [2.75, 3.05) is 20.4 Å². The van der Waals surface area contributed by atoms with E-state index in [0.29, 0.717) is 10.8 Å². The maximum atomic E-state index is 12.3. The number of hydrogen-bond donors (Lipinski definition) is 2. The number of carboxylic acid groups (broad SMARTS) is 1. The van der Waals surface area contributed by atoms with Crippen LogP contribution in [0.1, 0.15) is 30.6 Å². The molecule has 0 unspecified atom stereocenters. The number of aliphatic carboxylic acids is 1. The fourth-order valence-electron chi connectivity index (χ4n) is 1.81. The van der Waals surface area contributed by atoms with Gasteiger partial charge in [0.05, 0.1) is 12.0 Å². The molecule has 0 atom stereocenters. The first kappa shape index (κ1) is 18.3. The fraction of sp³-hybridized carbons (Fsp3) is 0.467. The molecule has 22 heavy (non-hydrogen) atoms. The second kappa shape index (κ2) is 8.00. The van der Waals surface area contributed by atoms with Gasteiger partial charge in [-0.25, -0.2) is 0 Å². The maximum absolute atomic E-state index is 12.3. The van der Waals surface area contributed by atoms with E-state index in [4.69, 9.17) is 26.2 Å². The molecule has 0 heterocycles. The normalized spacial score (nSPS) is 11.1. The lowest BCUT2D eigenvalue weighted by atomic mass is 9.89. The number of amides is 1. The highest BCUT2D eigenvalue weighted by Crippen LogP contribution is 2.24. The van der Waals surface area contributed by atoms with Crippen LogP contribution in [-0.4, -0.2) is 37.4 Å². The van der Waals surface area contributed by atoms with Gasteiger partial charge in [0.15, 0.2) is 6.79 Å². The second-order valence-electron chi connectivity index (χ2n) is 5.61. The molecule has 0 fully saturated rings. The summed E-state index contributed by atoms with van der Waals surface area (Å²) in [6, 6.07) is 4.68. The van der Waals surface area contributed by atoms with Crippen LogP contribution in [0.3, 0.4) is 0 Å². The van der Waals surface area contributed by atoms with Crippen LogP contribution in [0.15, 0.2) is 18.2 Å². The van der Waals surface area contributed by atoms with Crippen LogP contribution in [0.2, 0.25) is 5.02 Å². The minimum Gasteiger partial charge on any atom is -0.481 e. The number of carboxylic acids is 1. The predicted octanol–water partition coefficient (Wildman–Crippen LogP) is 2.55. The fourth-order valence-corrected chi connectivity index (χ4v) is 1.99. The summed E-state index contributed by atoms with van der Waals surface area (Å²) < 4.78 is 10.1. The SMILES string of the molecule is COCOc1ccc(Cl)cc1C(=O)NCC(C)(C)CC(=O)O. The third-order valence-corrected chi connectivity index (χ3v) is 3.11. The molecule has 122 valence electrons.